The van der Waals surface area contributed by atoms with Gasteiger partial charge < -0.3 is 5.73 Å². The summed E-state index contributed by atoms with van der Waals surface area (Å²) >= 11 is 4.61. The van der Waals surface area contributed by atoms with Crippen LogP contribution in [0.2, 0.25) is 0 Å². The van der Waals surface area contributed by atoms with Gasteiger partial charge in [-0.3, -0.25) is 4.79 Å². The summed E-state index contributed by atoms with van der Waals surface area (Å²) in [6.07, 6.45) is 0.501. The molecule has 0 aromatic carbocycles. The number of nitrogens with zero attached hydrogens (tertiary/aromatic N) is 2. The Bertz CT molecular complexity index is 274. The minimum atomic E-state index is 0.0787. The van der Waals surface area contributed by atoms with Crippen LogP contribution >= 0.6 is 12.2 Å². The van der Waals surface area contributed by atoms with Gasteiger partial charge >= 0.3 is 0 Å². The van der Waals surface area contributed by atoms with Crippen LogP contribution in [0.5, 0.6) is 0 Å². The third-order valence-electron chi connectivity index (χ3n) is 0.837. The quantitative estimate of drug-likeness (QED) is 0.414. The van der Waals surface area contributed by atoms with Crippen molar-refractivity contribution in [3.8, 4) is 0 Å². The molecule has 48 valence electrons. The van der Waals surface area contributed by atoms with Gasteiger partial charge in [-0.1, -0.05) is 0 Å². The summed E-state index contributed by atoms with van der Waals surface area (Å²) in [5.41, 5.74) is 5.17. The van der Waals surface area contributed by atoms with Gasteiger partial charge in [-0.15, -0.1) is 5.10 Å². The van der Waals surface area contributed by atoms with Crippen LogP contribution in [0, 0.1) is 4.77 Å². The third kappa shape index (κ3) is 0.833. The Balaban J connectivity index is 3.40. The fourth-order valence-electron chi connectivity index (χ4n) is 0.419. The fraction of sp³-hybridized carbons (Fsp3) is 0. The first-order chi connectivity index (χ1) is 4.25. The number of hydrogen-bond acceptors (Lipinski definition) is 4. The Hall–Kier alpha value is -1.17. The Morgan fingerprint density at radius 2 is 2.56 bits per heavy atom. The second-order valence-electron chi connectivity index (χ2n) is 1.36. The largest absolute Gasteiger partial charge is 0.368 e. The van der Waals surface area contributed by atoms with Gasteiger partial charge in [0.1, 0.15) is 0 Å². The molecule has 0 saturated heterocycles. The van der Waals surface area contributed by atoms with E-state index in [0.717, 1.165) is 4.57 Å². The number of hydrogen-bond donors (Lipinski definition) is 2. The minimum absolute atomic E-state index is 0.0787. The van der Waals surface area contributed by atoms with E-state index < -0.39 is 0 Å². The van der Waals surface area contributed by atoms with E-state index in [4.69, 9.17) is 5.73 Å². The van der Waals surface area contributed by atoms with Crippen LogP contribution in [0.1, 0.15) is 0 Å². The number of H-pyrrole nitrogens is 1. The van der Waals surface area contributed by atoms with Crippen molar-refractivity contribution in [2.24, 2.45) is 0 Å². The number of rotatable bonds is 1. The van der Waals surface area contributed by atoms with Gasteiger partial charge in [0.05, 0.1) is 0 Å². The van der Waals surface area contributed by atoms with E-state index in [1.165, 1.54) is 0 Å². The predicted octanol–water partition coefficient (Wildman–Crippen LogP) is -0.439. The number of carbonyl (C=O) groups excluding carboxylic acids is 1. The SMILES string of the molecule is Nc1n[nH]c(=S)n1C=O. The van der Waals surface area contributed by atoms with Crippen LogP contribution in [0.3, 0.4) is 0 Å². The molecule has 0 amide bonds. The number of carbonyl (C=O) groups is 1. The van der Waals surface area contributed by atoms with Crippen molar-refractivity contribution in [1.29, 1.82) is 0 Å². The Kier molecular flexibility index (Phi) is 1.31. The second kappa shape index (κ2) is 1.98. The molecule has 1 aromatic heterocycles. The molecule has 1 aromatic rings. The maximum absolute atomic E-state index is 10.1. The standard InChI is InChI=1S/C3H4N4OS/c4-2-5-6-3(9)7(2)1-8/h1H,(H2,4,5)(H,6,9). The third-order valence-corrected chi connectivity index (χ3v) is 1.13. The molecule has 5 nitrogen and oxygen atoms in total. The lowest BCUT2D eigenvalue weighted by Crippen LogP contribution is -2.00. The highest BCUT2D eigenvalue weighted by Crippen LogP contribution is 1.91. The fourth-order valence-corrected chi connectivity index (χ4v) is 0.601. The topological polar surface area (TPSA) is 76.7 Å². The Morgan fingerprint density at radius 3 is 2.78 bits per heavy atom. The van der Waals surface area contributed by atoms with Crippen LogP contribution in [0.25, 0.3) is 0 Å². The number of anilines is 1. The first kappa shape index (κ1) is 5.96. The lowest BCUT2D eigenvalue weighted by atomic mass is 11.0. The van der Waals surface area contributed by atoms with Crippen molar-refractivity contribution in [3.05, 3.63) is 4.77 Å². The summed E-state index contributed by atoms with van der Waals surface area (Å²) in [5.74, 6) is 0.0787. The summed E-state index contributed by atoms with van der Waals surface area (Å²) in [7, 11) is 0. The number of nitrogens with two attached hydrogens (primary N) is 1. The van der Waals surface area contributed by atoms with E-state index in [1.54, 1.807) is 0 Å². The van der Waals surface area contributed by atoms with Crippen molar-refractivity contribution >= 4 is 24.6 Å². The maximum atomic E-state index is 10.1. The van der Waals surface area contributed by atoms with E-state index in [0.29, 0.717) is 6.41 Å². The number of aromatic amines is 1. The molecule has 0 radical (unpaired) electrons. The van der Waals surface area contributed by atoms with Gasteiger partial charge in [0.25, 0.3) is 0 Å². The van der Waals surface area contributed by atoms with Gasteiger partial charge in [0.15, 0.2) is 0 Å². The highest BCUT2D eigenvalue weighted by Gasteiger charge is 1.96. The van der Waals surface area contributed by atoms with Crippen molar-refractivity contribution in [2.45, 2.75) is 0 Å². The molecular weight excluding hydrogens is 140 g/mol. The highest BCUT2D eigenvalue weighted by atomic mass is 32.1. The Labute approximate surface area is 55.5 Å². The molecule has 0 fully saturated rings. The van der Waals surface area contributed by atoms with E-state index in [2.05, 4.69) is 22.4 Å². The lowest BCUT2D eigenvalue weighted by Gasteiger charge is -1.84. The average Bonchev–Trinajstić information content (AvgIpc) is 2.12. The number of nitrogens with one attached hydrogen (secondary N) is 1. The summed E-state index contributed by atoms with van der Waals surface area (Å²) < 4.78 is 1.25. The maximum Gasteiger partial charge on any atom is 0.227 e. The zero-order valence-corrected chi connectivity index (χ0v) is 5.18. The molecule has 1 heterocycles. The molecule has 6 heteroatoms. The molecule has 0 spiro atoms. The summed E-state index contributed by atoms with van der Waals surface area (Å²) in [5, 5.41) is 5.83. The van der Waals surface area contributed by atoms with Crippen LogP contribution < -0.4 is 5.73 Å². The molecule has 0 aliphatic rings. The van der Waals surface area contributed by atoms with Gasteiger partial charge in [-0.25, -0.2) is 9.67 Å². The van der Waals surface area contributed by atoms with Crippen LogP contribution in [0.4, 0.5) is 5.95 Å². The molecule has 0 aliphatic carbocycles. The van der Waals surface area contributed by atoms with Gasteiger partial charge in [-0.05, 0) is 12.2 Å². The zero-order valence-electron chi connectivity index (χ0n) is 4.37. The normalized spacial score (nSPS) is 9.33. The monoisotopic (exact) mass is 144 g/mol. The molecule has 0 aliphatic heterocycles. The Morgan fingerprint density at radius 1 is 1.89 bits per heavy atom. The van der Waals surface area contributed by atoms with Crippen molar-refractivity contribution in [1.82, 2.24) is 14.8 Å². The molecule has 0 saturated carbocycles. The minimum Gasteiger partial charge on any atom is -0.368 e. The van der Waals surface area contributed by atoms with Gasteiger partial charge in [0, 0.05) is 0 Å². The molecule has 1 rings (SSSR count). The van der Waals surface area contributed by atoms with Crippen molar-refractivity contribution in [3.63, 3.8) is 0 Å². The van der Waals surface area contributed by atoms with E-state index in [1.807, 2.05) is 0 Å². The first-order valence-electron chi connectivity index (χ1n) is 2.13. The highest BCUT2D eigenvalue weighted by molar-refractivity contribution is 7.71. The van der Waals surface area contributed by atoms with Crippen molar-refractivity contribution < 1.29 is 4.79 Å². The number of aromatic nitrogens is 3. The van der Waals surface area contributed by atoms with Crippen LogP contribution in [-0.4, -0.2) is 21.2 Å². The van der Waals surface area contributed by atoms with Crippen molar-refractivity contribution in [2.75, 3.05) is 5.73 Å². The molecular formula is C3H4N4OS. The van der Waals surface area contributed by atoms with Gasteiger partial charge in [0.2, 0.25) is 17.1 Å². The second-order valence-corrected chi connectivity index (χ2v) is 1.75. The van der Waals surface area contributed by atoms with E-state index in [-0.39, 0.29) is 10.7 Å². The molecule has 0 unspecified atom stereocenters. The summed E-state index contributed by atoms with van der Waals surface area (Å²) in [4.78, 5) is 10.1. The van der Waals surface area contributed by atoms with E-state index >= 15 is 0 Å². The molecule has 3 N–H and O–H groups in total. The zero-order chi connectivity index (χ0) is 6.85. The average molecular weight is 144 g/mol. The smallest absolute Gasteiger partial charge is 0.227 e. The predicted molar refractivity (Wildman–Crippen MR) is 34.0 cm³/mol. The number of nitrogen functional groups attached to an aromatic ring is 1. The van der Waals surface area contributed by atoms with Gasteiger partial charge in [-0.2, -0.15) is 0 Å². The van der Waals surface area contributed by atoms with Crippen LogP contribution in [-0.2, 0) is 4.79 Å². The van der Waals surface area contributed by atoms with E-state index in [9.17, 15) is 4.79 Å². The molecule has 9 heavy (non-hydrogen) atoms. The summed E-state index contributed by atoms with van der Waals surface area (Å²) in [6, 6.07) is 0. The summed E-state index contributed by atoms with van der Waals surface area (Å²) in [6.45, 7) is 0. The molecule has 0 atom stereocenters. The lowest BCUT2D eigenvalue weighted by molar-refractivity contribution is 0.547. The van der Waals surface area contributed by atoms with Crippen LogP contribution in [0.15, 0.2) is 0 Å². The first-order valence-corrected chi connectivity index (χ1v) is 2.54. The molecule has 0 bridgehead atoms.